The van der Waals surface area contributed by atoms with Gasteiger partial charge in [-0.25, -0.2) is 9.97 Å². The summed E-state index contributed by atoms with van der Waals surface area (Å²) in [4.78, 5) is 33.8. The maximum absolute atomic E-state index is 12.2. The van der Waals surface area contributed by atoms with E-state index in [1.807, 2.05) is 13.8 Å². The van der Waals surface area contributed by atoms with Crippen molar-refractivity contribution in [3.8, 4) is 10.6 Å². The number of aryl methyl sites for hydroxylation is 2. The molecule has 0 saturated heterocycles. The number of hydrogen-bond acceptors (Lipinski definition) is 6. The number of aromatic nitrogens is 2. The number of nitrogens with one attached hydrogen (secondary N) is 2. The van der Waals surface area contributed by atoms with Crippen molar-refractivity contribution in [1.82, 2.24) is 15.3 Å². The molecule has 0 fully saturated rings. The fourth-order valence-corrected chi connectivity index (χ4v) is 4.32. The van der Waals surface area contributed by atoms with Crippen LogP contribution in [-0.2, 0) is 9.59 Å². The van der Waals surface area contributed by atoms with Crippen molar-refractivity contribution in [2.24, 2.45) is 0 Å². The van der Waals surface area contributed by atoms with Gasteiger partial charge in [-0.05, 0) is 20.8 Å². The third kappa shape index (κ3) is 5.24. The van der Waals surface area contributed by atoms with Crippen LogP contribution in [0.25, 0.3) is 10.6 Å². The van der Waals surface area contributed by atoms with Crippen molar-refractivity contribution in [2.75, 3.05) is 5.32 Å². The molecule has 3 rings (SSSR count). The number of rotatable bonds is 7. The number of anilines is 1. The SMILES string of the molecule is Cc1ccc(-c2nc(C)c(C(C)NC(=O)CCC(=O)Nc3nccs3)s2)cc1. The summed E-state index contributed by atoms with van der Waals surface area (Å²) >= 11 is 2.93. The van der Waals surface area contributed by atoms with E-state index >= 15 is 0 Å². The van der Waals surface area contributed by atoms with E-state index in [2.05, 4.69) is 51.8 Å². The first-order chi connectivity index (χ1) is 13.4. The average Bonchev–Trinajstić information content (AvgIpc) is 3.30. The number of hydrogen-bond donors (Lipinski definition) is 2. The van der Waals surface area contributed by atoms with Gasteiger partial charge >= 0.3 is 0 Å². The minimum atomic E-state index is -0.214. The Morgan fingerprint density at radius 1 is 1.11 bits per heavy atom. The zero-order chi connectivity index (χ0) is 20.1. The van der Waals surface area contributed by atoms with E-state index in [-0.39, 0.29) is 30.7 Å². The highest BCUT2D eigenvalue weighted by molar-refractivity contribution is 7.15. The fourth-order valence-electron chi connectivity index (χ4n) is 2.70. The predicted molar refractivity (Wildman–Crippen MR) is 114 cm³/mol. The van der Waals surface area contributed by atoms with Crippen LogP contribution in [0.2, 0.25) is 0 Å². The molecule has 0 radical (unpaired) electrons. The van der Waals surface area contributed by atoms with E-state index in [4.69, 9.17) is 0 Å². The van der Waals surface area contributed by atoms with Crippen LogP contribution in [0.5, 0.6) is 0 Å². The van der Waals surface area contributed by atoms with Gasteiger partial charge in [0.1, 0.15) is 5.01 Å². The van der Waals surface area contributed by atoms with Crippen molar-refractivity contribution >= 4 is 39.6 Å². The van der Waals surface area contributed by atoms with Crippen LogP contribution in [-0.4, -0.2) is 21.8 Å². The Kier molecular flexibility index (Phi) is 6.53. The molecule has 2 heterocycles. The van der Waals surface area contributed by atoms with E-state index in [1.54, 1.807) is 22.9 Å². The average molecular weight is 415 g/mol. The summed E-state index contributed by atoms with van der Waals surface area (Å²) in [5.41, 5.74) is 3.19. The van der Waals surface area contributed by atoms with Gasteiger partial charge in [0.15, 0.2) is 5.13 Å². The molecule has 3 aromatic rings. The number of benzene rings is 1. The van der Waals surface area contributed by atoms with Gasteiger partial charge in [0.05, 0.1) is 16.6 Å². The molecule has 2 amide bonds. The topological polar surface area (TPSA) is 84.0 Å². The molecule has 0 saturated carbocycles. The Balaban J connectivity index is 1.55. The van der Waals surface area contributed by atoms with Crippen molar-refractivity contribution in [3.63, 3.8) is 0 Å². The third-order valence-corrected chi connectivity index (χ3v) is 6.24. The highest BCUT2D eigenvalue weighted by Gasteiger charge is 2.18. The smallest absolute Gasteiger partial charge is 0.226 e. The van der Waals surface area contributed by atoms with Crippen LogP contribution in [0, 0.1) is 13.8 Å². The van der Waals surface area contributed by atoms with Gasteiger partial charge in [0, 0.05) is 30.0 Å². The summed E-state index contributed by atoms with van der Waals surface area (Å²) in [5.74, 6) is -0.375. The van der Waals surface area contributed by atoms with Crippen molar-refractivity contribution in [2.45, 2.75) is 39.7 Å². The molecule has 1 aromatic carbocycles. The molecule has 1 atom stereocenters. The van der Waals surface area contributed by atoms with Crippen molar-refractivity contribution in [1.29, 1.82) is 0 Å². The molecule has 0 aliphatic carbocycles. The molecule has 28 heavy (non-hydrogen) atoms. The van der Waals surface area contributed by atoms with Gasteiger partial charge < -0.3 is 10.6 Å². The first-order valence-corrected chi connectivity index (χ1v) is 10.6. The minimum Gasteiger partial charge on any atom is -0.349 e. The van der Waals surface area contributed by atoms with Crippen LogP contribution in [0.4, 0.5) is 5.13 Å². The monoisotopic (exact) mass is 414 g/mol. The summed E-state index contributed by atoms with van der Waals surface area (Å²) in [6.07, 6.45) is 1.87. The van der Waals surface area contributed by atoms with Crippen LogP contribution >= 0.6 is 22.7 Å². The quantitative estimate of drug-likeness (QED) is 0.597. The van der Waals surface area contributed by atoms with E-state index in [0.717, 1.165) is 21.1 Å². The normalized spacial score (nSPS) is 11.8. The third-order valence-electron chi connectivity index (χ3n) is 4.16. The minimum absolute atomic E-state index is 0.119. The van der Waals surface area contributed by atoms with Crippen LogP contribution < -0.4 is 10.6 Å². The van der Waals surface area contributed by atoms with Crippen molar-refractivity contribution < 1.29 is 9.59 Å². The largest absolute Gasteiger partial charge is 0.349 e. The van der Waals surface area contributed by atoms with Gasteiger partial charge in [0.25, 0.3) is 0 Å². The second kappa shape index (κ2) is 9.07. The number of carbonyl (C=O) groups excluding carboxylic acids is 2. The molecule has 0 aliphatic rings. The highest BCUT2D eigenvalue weighted by Crippen LogP contribution is 2.31. The Morgan fingerprint density at radius 3 is 2.50 bits per heavy atom. The Morgan fingerprint density at radius 2 is 1.82 bits per heavy atom. The van der Waals surface area contributed by atoms with E-state index < -0.39 is 0 Å². The lowest BCUT2D eigenvalue weighted by Crippen LogP contribution is -2.27. The number of amides is 2. The summed E-state index contributed by atoms with van der Waals surface area (Å²) in [7, 11) is 0. The molecule has 2 N–H and O–H groups in total. The maximum atomic E-state index is 12.2. The standard InChI is InChI=1S/C20H22N4O2S2/c1-12-4-6-15(7-5-12)19-23-14(3)18(28-19)13(2)22-16(25)8-9-17(26)24-20-21-10-11-27-20/h4-7,10-11,13H,8-9H2,1-3H3,(H,22,25)(H,21,24,26). The van der Waals surface area contributed by atoms with E-state index in [9.17, 15) is 9.59 Å². The molecule has 1 unspecified atom stereocenters. The van der Waals surface area contributed by atoms with E-state index in [0.29, 0.717) is 5.13 Å². The second-order valence-electron chi connectivity index (χ2n) is 6.51. The maximum Gasteiger partial charge on any atom is 0.226 e. The summed E-state index contributed by atoms with van der Waals surface area (Å²) in [6.45, 7) is 5.94. The Bertz CT molecular complexity index is 949. The lowest BCUT2D eigenvalue weighted by molar-refractivity contribution is -0.124. The summed E-state index contributed by atoms with van der Waals surface area (Å²) < 4.78 is 0. The summed E-state index contributed by atoms with van der Waals surface area (Å²) in [5, 5.41) is 8.91. The first-order valence-electron chi connectivity index (χ1n) is 8.95. The second-order valence-corrected chi connectivity index (χ2v) is 8.43. The molecule has 8 heteroatoms. The van der Waals surface area contributed by atoms with Gasteiger partial charge in [-0.1, -0.05) is 29.8 Å². The van der Waals surface area contributed by atoms with Gasteiger partial charge in [-0.3, -0.25) is 9.59 Å². The Labute approximate surface area is 172 Å². The number of nitrogens with zero attached hydrogens (tertiary/aromatic N) is 2. The molecule has 0 spiro atoms. The van der Waals surface area contributed by atoms with Crippen LogP contribution in [0.15, 0.2) is 35.8 Å². The number of thiazole rings is 2. The predicted octanol–water partition coefficient (Wildman–Crippen LogP) is 4.48. The molecular formula is C20H22N4O2S2. The Hall–Kier alpha value is -2.58. The first kappa shape index (κ1) is 20.2. The molecule has 2 aromatic heterocycles. The molecule has 0 bridgehead atoms. The molecule has 0 aliphatic heterocycles. The molecular weight excluding hydrogens is 392 g/mol. The zero-order valence-electron chi connectivity index (χ0n) is 16.0. The van der Waals surface area contributed by atoms with Crippen LogP contribution in [0.1, 0.15) is 41.9 Å². The molecule has 146 valence electrons. The highest BCUT2D eigenvalue weighted by atomic mass is 32.1. The van der Waals surface area contributed by atoms with Crippen LogP contribution in [0.3, 0.4) is 0 Å². The van der Waals surface area contributed by atoms with Gasteiger partial charge in [-0.15, -0.1) is 22.7 Å². The van der Waals surface area contributed by atoms with E-state index in [1.165, 1.54) is 16.9 Å². The van der Waals surface area contributed by atoms with Gasteiger partial charge in [0.2, 0.25) is 11.8 Å². The van der Waals surface area contributed by atoms with Gasteiger partial charge in [-0.2, -0.15) is 0 Å². The lowest BCUT2D eigenvalue weighted by Gasteiger charge is -2.12. The fraction of sp³-hybridized carbons (Fsp3) is 0.300. The number of carbonyl (C=O) groups is 2. The zero-order valence-corrected chi connectivity index (χ0v) is 17.6. The van der Waals surface area contributed by atoms with Crippen molar-refractivity contribution in [3.05, 3.63) is 52.0 Å². The molecule has 6 nitrogen and oxygen atoms in total. The summed E-state index contributed by atoms with van der Waals surface area (Å²) in [6, 6.07) is 8.08. The lowest BCUT2D eigenvalue weighted by atomic mass is 10.2.